The maximum atomic E-state index is 14.5. The first-order valence-corrected chi connectivity index (χ1v) is 20.1. The van der Waals surface area contributed by atoms with Gasteiger partial charge in [0.1, 0.15) is 12.1 Å². The maximum absolute atomic E-state index is 14.5. The van der Waals surface area contributed by atoms with E-state index in [1.807, 2.05) is 34.6 Å². The van der Waals surface area contributed by atoms with Crippen LogP contribution in [-0.4, -0.2) is 90.1 Å². The first kappa shape index (κ1) is 41.5. The third-order valence-electron chi connectivity index (χ3n) is 10.7. The third kappa shape index (κ3) is 11.0. The second-order valence-corrected chi connectivity index (χ2v) is 20.0. The van der Waals surface area contributed by atoms with Crippen molar-refractivity contribution in [3.8, 4) is 0 Å². The Morgan fingerprint density at radius 1 is 0.960 bits per heavy atom. The van der Waals surface area contributed by atoms with Crippen LogP contribution in [0.1, 0.15) is 120 Å². The van der Waals surface area contributed by atoms with Gasteiger partial charge in [-0.3, -0.25) is 19.2 Å². The number of nitrogens with one attached hydrogen (secondary N) is 4. The second kappa shape index (κ2) is 16.6. The van der Waals surface area contributed by atoms with Gasteiger partial charge in [0.05, 0.1) is 22.1 Å². The Balaban J connectivity index is 1.85. The van der Waals surface area contributed by atoms with E-state index in [1.165, 1.54) is 11.0 Å². The van der Waals surface area contributed by atoms with Crippen LogP contribution < -0.4 is 21.3 Å². The Kier molecular flexibility index (Phi) is 13.8. The lowest BCUT2D eigenvalue weighted by atomic mass is 9.83. The quantitative estimate of drug-likeness (QED) is 0.146. The van der Waals surface area contributed by atoms with Crippen molar-refractivity contribution >= 4 is 39.4 Å². The minimum Gasteiger partial charge on any atom is -0.346 e. The predicted octanol–water partition coefficient (Wildman–Crippen LogP) is 4.04. The van der Waals surface area contributed by atoms with Crippen LogP contribution >= 0.6 is 0 Å². The van der Waals surface area contributed by atoms with Crippen molar-refractivity contribution < 1.29 is 32.4 Å². The highest BCUT2D eigenvalue weighted by atomic mass is 32.2. The number of urea groups is 1. The van der Waals surface area contributed by atoms with Gasteiger partial charge in [0.15, 0.2) is 9.84 Å². The van der Waals surface area contributed by atoms with Crippen LogP contribution in [0, 0.1) is 23.2 Å². The van der Waals surface area contributed by atoms with Crippen molar-refractivity contribution in [1.29, 1.82) is 0 Å². The summed E-state index contributed by atoms with van der Waals surface area (Å²) in [5.74, 6) is -2.03. The molecule has 0 aromatic carbocycles. The highest BCUT2D eigenvalue weighted by Gasteiger charge is 2.47. The van der Waals surface area contributed by atoms with Crippen LogP contribution in [0.5, 0.6) is 0 Å². The van der Waals surface area contributed by atoms with E-state index < -0.39 is 73.2 Å². The fourth-order valence-electron chi connectivity index (χ4n) is 6.94. The van der Waals surface area contributed by atoms with Gasteiger partial charge in [-0.15, -0.1) is 6.58 Å². The number of carbonyl (C=O) groups is 5. The molecule has 4 unspecified atom stereocenters. The first-order chi connectivity index (χ1) is 23.1. The van der Waals surface area contributed by atoms with E-state index in [9.17, 15) is 32.4 Å². The van der Waals surface area contributed by atoms with E-state index in [0.717, 1.165) is 32.1 Å². The molecule has 0 aromatic heterocycles. The van der Waals surface area contributed by atoms with E-state index in [2.05, 4.69) is 27.8 Å². The monoisotopic (exact) mass is 721 g/mol. The number of ketones is 1. The number of amides is 5. The minimum absolute atomic E-state index is 0.00577. The fraction of sp³-hybridized carbons (Fsp3) is 0.811. The molecular formula is C37H63N5O7S. The van der Waals surface area contributed by atoms with Crippen molar-refractivity contribution in [2.75, 3.05) is 18.8 Å². The zero-order valence-electron chi connectivity index (χ0n) is 31.7. The molecule has 1 aliphatic heterocycles. The summed E-state index contributed by atoms with van der Waals surface area (Å²) >= 11 is 0. The number of hydrogen-bond donors (Lipinski definition) is 4. The molecule has 1 heterocycles. The molecular weight excluding hydrogens is 659 g/mol. The number of hydrogen-bond acceptors (Lipinski definition) is 7. The van der Waals surface area contributed by atoms with Crippen LogP contribution in [0.4, 0.5) is 4.79 Å². The average Bonchev–Trinajstić information content (AvgIpc) is 3.73. The summed E-state index contributed by atoms with van der Waals surface area (Å²) in [5.41, 5.74) is -1.73. The molecule has 12 nitrogen and oxygen atoms in total. The van der Waals surface area contributed by atoms with Gasteiger partial charge in [-0.1, -0.05) is 72.8 Å². The number of likely N-dealkylation sites (tertiary alicyclic amines) is 1. The standard InChI is InChI=1S/C37H63N5O7S/c1-10-20-38-32(45)29(43)27(17-16-25-14-15-25)39-31(44)28-21-26(24(2)3)22-42(28)33(46)30(35(4,5)6)40-34(47)41-37(18-12-11-13-19-37)23-50(48,49)36(7,8)9/h10,24-28,30H,1,11-23H2,2-9H3,(H,38,45)(H,39,44)(H2,40,41,47). The molecule has 0 spiro atoms. The van der Waals surface area contributed by atoms with Gasteiger partial charge in [-0.25, -0.2) is 13.2 Å². The van der Waals surface area contributed by atoms with Crippen LogP contribution in [0.15, 0.2) is 12.7 Å². The Labute approximate surface area is 300 Å². The lowest BCUT2D eigenvalue weighted by Crippen LogP contribution is -2.63. The Bertz CT molecular complexity index is 1370. The first-order valence-electron chi connectivity index (χ1n) is 18.5. The van der Waals surface area contributed by atoms with Crippen LogP contribution in [0.3, 0.4) is 0 Å². The molecule has 1 saturated heterocycles. The summed E-state index contributed by atoms with van der Waals surface area (Å²) in [6.07, 6.45) is 8.53. The predicted molar refractivity (Wildman–Crippen MR) is 195 cm³/mol. The Morgan fingerprint density at radius 3 is 2.10 bits per heavy atom. The molecule has 284 valence electrons. The lowest BCUT2D eigenvalue weighted by molar-refractivity contribution is -0.143. The van der Waals surface area contributed by atoms with Crippen molar-refractivity contribution in [3.05, 3.63) is 12.7 Å². The van der Waals surface area contributed by atoms with Gasteiger partial charge in [0.2, 0.25) is 17.6 Å². The molecule has 4 atom stereocenters. The van der Waals surface area contributed by atoms with E-state index in [4.69, 9.17) is 0 Å². The molecule has 13 heteroatoms. The number of Topliss-reactive ketones (excluding diaryl/α,β-unsaturated/α-hetero) is 1. The van der Waals surface area contributed by atoms with Gasteiger partial charge in [0, 0.05) is 13.1 Å². The largest absolute Gasteiger partial charge is 0.346 e. The normalized spacial score (nSPS) is 22.3. The van der Waals surface area contributed by atoms with Gasteiger partial charge in [-0.2, -0.15) is 0 Å². The van der Waals surface area contributed by atoms with E-state index in [-0.39, 0.29) is 24.1 Å². The van der Waals surface area contributed by atoms with Crippen LogP contribution in [0.2, 0.25) is 0 Å². The fourth-order valence-corrected chi connectivity index (χ4v) is 8.46. The molecule has 3 aliphatic rings. The van der Waals surface area contributed by atoms with Gasteiger partial charge in [-0.05, 0) is 76.0 Å². The number of carbonyl (C=O) groups excluding carboxylic acids is 5. The van der Waals surface area contributed by atoms with Gasteiger partial charge in [0.25, 0.3) is 5.91 Å². The SMILES string of the molecule is C=CCNC(=O)C(=O)C(CCC1CC1)NC(=O)C1CC(C(C)C)CN1C(=O)C(NC(=O)NC1(CS(=O)(=O)C(C)(C)C)CCCCC1)C(C)(C)C. The van der Waals surface area contributed by atoms with Crippen molar-refractivity contribution in [2.24, 2.45) is 23.2 Å². The highest BCUT2D eigenvalue weighted by molar-refractivity contribution is 7.92. The highest BCUT2D eigenvalue weighted by Crippen LogP contribution is 2.36. The third-order valence-corrected chi connectivity index (χ3v) is 13.5. The average molecular weight is 722 g/mol. The second-order valence-electron chi connectivity index (χ2n) is 17.3. The van der Waals surface area contributed by atoms with Crippen molar-refractivity contribution in [2.45, 2.75) is 148 Å². The summed E-state index contributed by atoms with van der Waals surface area (Å²) in [6, 6.07) is -3.60. The minimum atomic E-state index is -3.57. The van der Waals surface area contributed by atoms with Crippen molar-refractivity contribution in [1.82, 2.24) is 26.2 Å². The van der Waals surface area contributed by atoms with Crippen molar-refractivity contribution in [3.63, 3.8) is 0 Å². The molecule has 0 aromatic rings. The number of nitrogens with zero attached hydrogens (tertiary/aromatic N) is 1. The Hall–Kier alpha value is -2.96. The maximum Gasteiger partial charge on any atom is 0.315 e. The van der Waals surface area contributed by atoms with E-state index >= 15 is 0 Å². The molecule has 0 radical (unpaired) electrons. The Morgan fingerprint density at radius 2 is 1.58 bits per heavy atom. The smallest absolute Gasteiger partial charge is 0.315 e. The molecule has 5 amide bonds. The van der Waals surface area contributed by atoms with Gasteiger partial charge >= 0.3 is 6.03 Å². The topological polar surface area (TPSA) is 171 Å². The summed E-state index contributed by atoms with van der Waals surface area (Å²) in [4.78, 5) is 69.5. The summed E-state index contributed by atoms with van der Waals surface area (Å²) < 4.78 is 25.6. The molecule has 3 fully saturated rings. The summed E-state index contributed by atoms with van der Waals surface area (Å²) in [6.45, 7) is 18.5. The van der Waals surface area contributed by atoms with E-state index in [1.54, 1.807) is 20.8 Å². The summed E-state index contributed by atoms with van der Waals surface area (Å²) in [7, 11) is -3.57. The molecule has 0 bridgehead atoms. The molecule has 2 saturated carbocycles. The number of rotatable bonds is 15. The molecule has 2 aliphatic carbocycles. The molecule has 4 N–H and O–H groups in total. The van der Waals surface area contributed by atoms with Gasteiger partial charge < -0.3 is 26.2 Å². The zero-order chi connectivity index (χ0) is 37.7. The van der Waals surface area contributed by atoms with Crippen LogP contribution in [0.25, 0.3) is 0 Å². The molecule has 50 heavy (non-hydrogen) atoms. The van der Waals surface area contributed by atoms with Crippen LogP contribution in [-0.2, 0) is 29.0 Å². The lowest BCUT2D eigenvalue weighted by Gasteiger charge is -2.41. The molecule has 3 rings (SSSR count). The van der Waals surface area contributed by atoms with E-state index in [0.29, 0.717) is 44.6 Å². The zero-order valence-corrected chi connectivity index (χ0v) is 32.5. The summed E-state index contributed by atoms with van der Waals surface area (Å²) in [5, 5.41) is 11.2. The number of sulfone groups is 1.